The summed E-state index contributed by atoms with van der Waals surface area (Å²) in [7, 11) is 0. The fraction of sp³-hybridized carbons (Fsp3) is 0.318. The Morgan fingerprint density at radius 1 is 1.18 bits per heavy atom. The Morgan fingerprint density at radius 2 is 2.00 bits per heavy atom. The van der Waals surface area contributed by atoms with Crippen LogP contribution < -0.4 is 10.6 Å². The van der Waals surface area contributed by atoms with Gasteiger partial charge in [-0.1, -0.05) is 30.2 Å². The molecule has 1 fully saturated rings. The Balaban J connectivity index is 1.46. The summed E-state index contributed by atoms with van der Waals surface area (Å²) in [6.07, 6.45) is 9.04. The maximum absolute atomic E-state index is 13.1. The normalized spacial score (nSPS) is 13.7. The van der Waals surface area contributed by atoms with Crippen molar-refractivity contribution in [2.45, 2.75) is 47.9 Å². The number of nitrogens with one attached hydrogen (secondary N) is 3. The first kappa shape index (κ1) is 23.0. The summed E-state index contributed by atoms with van der Waals surface area (Å²) in [6, 6.07) is 4.61. The van der Waals surface area contributed by atoms with E-state index in [0.29, 0.717) is 22.8 Å². The number of amides is 2. The monoisotopic (exact) mass is 485 g/mol. The number of aromatic amines is 1. The van der Waals surface area contributed by atoms with Gasteiger partial charge in [-0.05, 0) is 48.7 Å². The second-order valence-electron chi connectivity index (χ2n) is 7.68. The number of urea groups is 1. The van der Waals surface area contributed by atoms with Crippen LogP contribution in [0.5, 0.6) is 0 Å². The molecule has 0 atom stereocenters. The summed E-state index contributed by atoms with van der Waals surface area (Å²) >= 11 is 2.72. The summed E-state index contributed by atoms with van der Waals surface area (Å²) in [4.78, 5) is 48.1. The van der Waals surface area contributed by atoms with Gasteiger partial charge in [0.15, 0.2) is 16.1 Å². The van der Waals surface area contributed by atoms with Crippen LogP contribution in [0, 0.1) is 5.92 Å². The van der Waals surface area contributed by atoms with Crippen LogP contribution in [0.4, 0.5) is 15.6 Å². The van der Waals surface area contributed by atoms with E-state index in [1.165, 1.54) is 23.1 Å². The Bertz CT molecular complexity index is 1140. The molecular weight excluding hydrogens is 462 g/mol. The summed E-state index contributed by atoms with van der Waals surface area (Å²) < 4.78 is 0.861. The third-order valence-electron chi connectivity index (χ3n) is 5.33. The van der Waals surface area contributed by atoms with E-state index >= 15 is 0 Å². The van der Waals surface area contributed by atoms with Crippen LogP contribution in [0.25, 0.3) is 0 Å². The van der Waals surface area contributed by atoms with Gasteiger partial charge in [-0.25, -0.2) is 14.8 Å². The van der Waals surface area contributed by atoms with E-state index in [9.17, 15) is 14.4 Å². The molecule has 0 bridgehead atoms. The van der Waals surface area contributed by atoms with E-state index in [2.05, 4.69) is 25.6 Å². The van der Waals surface area contributed by atoms with Crippen LogP contribution in [0.3, 0.4) is 0 Å². The number of hydrogen-bond acceptors (Lipinski definition) is 7. The lowest BCUT2D eigenvalue weighted by Gasteiger charge is -2.15. The third kappa shape index (κ3) is 6.20. The van der Waals surface area contributed by atoms with Crippen LogP contribution in [0.2, 0.25) is 0 Å². The molecule has 1 saturated carbocycles. The van der Waals surface area contributed by atoms with Crippen LogP contribution in [-0.2, 0) is 11.2 Å². The summed E-state index contributed by atoms with van der Waals surface area (Å²) in [5.74, 6) is -0.969. The number of aryl methyl sites for hydroxylation is 1. The first-order valence-electron chi connectivity index (χ1n) is 10.6. The zero-order valence-corrected chi connectivity index (χ0v) is 19.3. The second kappa shape index (κ2) is 10.6. The number of aliphatic carboxylic acids is 1. The number of Topliss-reactive ketones (excluding diaryl/α,β-unsaturated/α-hetero) is 1. The van der Waals surface area contributed by atoms with Crippen molar-refractivity contribution < 1.29 is 19.5 Å². The smallest absolute Gasteiger partial charge is 0.325 e. The molecule has 2 heterocycles. The quantitative estimate of drug-likeness (QED) is 0.311. The molecule has 4 N–H and O–H groups in total. The van der Waals surface area contributed by atoms with E-state index < -0.39 is 12.0 Å². The van der Waals surface area contributed by atoms with Gasteiger partial charge in [-0.3, -0.25) is 14.9 Å². The summed E-state index contributed by atoms with van der Waals surface area (Å²) in [5.41, 5.74) is 1.59. The lowest BCUT2D eigenvalue weighted by atomic mass is 9.93. The Kier molecular flexibility index (Phi) is 7.40. The van der Waals surface area contributed by atoms with Gasteiger partial charge < -0.3 is 15.4 Å². The van der Waals surface area contributed by atoms with Crippen molar-refractivity contribution in [1.29, 1.82) is 0 Å². The topological polar surface area (TPSA) is 137 Å². The largest absolute Gasteiger partial charge is 0.481 e. The maximum atomic E-state index is 13.1. The molecule has 11 heteroatoms. The summed E-state index contributed by atoms with van der Waals surface area (Å²) in [5, 5.41) is 15.6. The highest BCUT2D eigenvalue weighted by Crippen LogP contribution is 2.33. The molecule has 1 aliphatic rings. The van der Waals surface area contributed by atoms with E-state index in [1.54, 1.807) is 36.8 Å². The molecule has 1 aromatic carbocycles. The van der Waals surface area contributed by atoms with Gasteiger partial charge >= 0.3 is 12.0 Å². The van der Waals surface area contributed by atoms with Crippen molar-refractivity contribution in [3.8, 4) is 0 Å². The van der Waals surface area contributed by atoms with Crippen molar-refractivity contribution in [3.05, 3.63) is 47.9 Å². The number of carbonyl (C=O) groups is 3. The summed E-state index contributed by atoms with van der Waals surface area (Å²) in [6.45, 7) is 0. The van der Waals surface area contributed by atoms with Crippen molar-refractivity contribution in [2.75, 3.05) is 10.6 Å². The number of benzene rings is 1. The van der Waals surface area contributed by atoms with Gasteiger partial charge in [0.25, 0.3) is 0 Å². The minimum Gasteiger partial charge on any atom is -0.481 e. The van der Waals surface area contributed by atoms with Crippen LogP contribution in [-0.4, -0.2) is 37.8 Å². The Labute approximate surface area is 198 Å². The van der Waals surface area contributed by atoms with Crippen molar-refractivity contribution >= 4 is 51.7 Å². The number of imidazole rings is 1. The molecule has 0 unspecified atom stereocenters. The predicted molar refractivity (Wildman–Crippen MR) is 126 cm³/mol. The number of H-pyrrole nitrogens is 1. The molecule has 0 saturated heterocycles. The number of carboxylic acid groups (broad SMARTS) is 1. The molecule has 33 heavy (non-hydrogen) atoms. The molecule has 4 rings (SSSR count). The highest BCUT2D eigenvalue weighted by Gasteiger charge is 2.26. The van der Waals surface area contributed by atoms with Crippen molar-refractivity contribution in [3.63, 3.8) is 0 Å². The SMILES string of the molecule is O=C(O)CCc1ccc(NC(=O)Nc2ncc(Sc3ncc[nH]3)s2)c(C(=O)C2CCCC2)c1. The van der Waals surface area contributed by atoms with Gasteiger partial charge in [-0.2, -0.15) is 0 Å². The van der Waals surface area contributed by atoms with Crippen LogP contribution in [0.1, 0.15) is 48.0 Å². The van der Waals surface area contributed by atoms with Gasteiger partial charge in [0.05, 0.1) is 16.1 Å². The number of carbonyl (C=O) groups excluding carboxylic acids is 2. The van der Waals surface area contributed by atoms with Crippen LogP contribution in [0.15, 0.2) is 46.2 Å². The first-order chi connectivity index (χ1) is 16.0. The number of rotatable bonds is 9. The third-order valence-corrected chi connectivity index (χ3v) is 7.26. The average Bonchev–Trinajstić information content (AvgIpc) is 3.56. The number of anilines is 2. The maximum Gasteiger partial charge on any atom is 0.325 e. The Morgan fingerprint density at radius 3 is 2.73 bits per heavy atom. The Hall–Kier alpha value is -3.18. The highest BCUT2D eigenvalue weighted by molar-refractivity contribution is 8.01. The average molecular weight is 486 g/mol. The number of aromatic nitrogens is 3. The molecule has 9 nitrogen and oxygen atoms in total. The lowest BCUT2D eigenvalue weighted by Crippen LogP contribution is -2.22. The molecular formula is C22H23N5O4S2. The van der Waals surface area contributed by atoms with Gasteiger partial charge in [-0.15, -0.1) is 0 Å². The minimum atomic E-state index is -0.895. The molecule has 3 aromatic rings. The molecule has 0 radical (unpaired) electrons. The lowest BCUT2D eigenvalue weighted by molar-refractivity contribution is -0.136. The van der Waals surface area contributed by atoms with Gasteiger partial charge in [0.1, 0.15) is 0 Å². The molecule has 0 aliphatic heterocycles. The van der Waals surface area contributed by atoms with Gasteiger partial charge in [0.2, 0.25) is 0 Å². The van der Waals surface area contributed by atoms with Crippen molar-refractivity contribution in [2.24, 2.45) is 5.92 Å². The molecule has 172 valence electrons. The number of thiazole rings is 1. The van der Waals surface area contributed by atoms with Crippen LogP contribution >= 0.6 is 23.1 Å². The fourth-order valence-electron chi connectivity index (χ4n) is 3.74. The number of nitrogens with zero attached hydrogens (tertiary/aromatic N) is 2. The molecule has 2 amide bonds. The molecule has 1 aliphatic carbocycles. The fourth-order valence-corrected chi connectivity index (χ4v) is 5.46. The van der Waals surface area contributed by atoms with E-state index in [-0.39, 0.29) is 18.1 Å². The second-order valence-corrected chi connectivity index (χ2v) is 10.00. The number of hydrogen-bond donors (Lipinski definition) is 4. The highest BCUT2D eigenvalue weighted by atomic mass is 32.2. The number of carboxylic acids is 1. The zero-order valence-electron chi connectivity index (χ0n) is 17.7. The standard InChI is InChI=1S/C22H23N5O4S2/c28-17(29)8-6-13-5-7-16(15(11-13)19(30)14-3-1-2-4-14)26-20(31)27-22-25-12-18(33-22)32-21-23-9-10-24-21/h5,7,9-12,14H,1-4,6,8H2,(H,23,24)(H,28,29)(H2,25,26,27,31). The van der Waals surface area contributed by atoms with E-state index in [4.69, 9.17) is 5.11 Å². The zero-order chi connectivity index (χ0) is 23.2. The molecule has 0 spiro atoms. The minimum absolute atomic E-state index is 0.00800. The van der Waals surface area contributed by atoms with E-state index in [1.807, 2.05) is 0 Å². The van der Waals surface area contributed by atoms with Crippen molar-refractivity contribution in [1.82, 2.24) is 15.0 Å². The predicted octanol–water partition coefficient (Wildman–Crippen LogP) is 5.05. The molecule has 2 aromatic heterocycles. The number of ketones is 1. The van der Waals surface area contributed by atoms with E-state index in [0.717, 1.165) is 40.6 Å². The first-order valence-corrected chi connectivity index (χ1v) is 12.2. The van der Waals surface area contributed by atoms with Gasteiger partial charge in [0, 0.05) is 30.3 Å².